The average Bonchev–Trinajstić information content (AvgIpc) is 2.26. The molecule has 0 atom stereocenters. The summed E-state index contributed by atoms with van der Waals surface area (Å²) in [6.07, 6.45) is 0. The summed E-state index contributed by atoms with van der Waals surface area (Å²) >= 11 is 5.89. The Morgan fingerprint density at radius 2 is 2.17 bits per heavy atom. The lowest BCUT2D eigenvalue weighted by atomic mass is 10.1. The normalized spacial score (nSPS) is 10.7. The molecule has 3 N–H and O–H groups in total. The summed E-state index contributed by atoms with van der Waals surface area (Å²) in [7, 11) is 0. The minimum absolute atomic E-state index is 0.122. The van der Waals surface area contributed by atoms with E-state index in [1.165, 1.54) is 0 Å². The molecule has 4 nitrogen and oxygen atoms in total. The highest BCUT2D eigenvalue weighted by atomic mass is 35.5. The number of amides is 1. The molecule has 5 heteroatoms. The highest BCUT2D eigenvalue weighted by molar-refractivity contribution is 6.30. The van der Waals surface area contributed by atoms with Crippen LogP contribution in [0.15, 0.2) is 18.2 Å². The first kappa shape index (κ1) is 14.8. The van der Waals surface area contributed by atoms with Gasteiger partial charge in [0.1, 0.15) is 0 Å². The van der Waals surface area contributed by atoms with Crippen molar-refractivity contribution in [1.82, 2.24) is 0 Å². The van der Waals surface area contributed by atoms with Crippen LogP contribution in [0.1, 0.15) is 19.4 Å². The van der Waals surface area contributed by atoms with E-state index in [9.17, 15) is 9.90 Å². The lowest BCUT2D eigenvalue weighted by Crippen LogP contribution is -2.36. The highest BCUT2D eigenvalue weighted by Crippen LogP contribution is 2.25. The SMILES string of the molecule is CC(C)CN(CC(N)=O)c1ccc(Cl)cc1CO. The molecule has 0 fully saturated rings. The molecular formula is C13H19ClN2O2. The van der Waals surface area contributed by atoms with Crippen molar-refractivity contribution in [1.29, 1.82) is 0 Å². The fraction of sp³-hybridized carbons (Fsp3) is 0.462. The molecule has 1 rings (SSSR count). The maximum atomic E-state index is 11.1. The van der Waals surface area contributed by atoms with Crippen LogP contribution in [0, 0.1) is 5.92 Å². The van der Waals surface area contributed by atoms with Gasteiger partial charge in [0.15, 0.2) is 0 Å². The maximum absolute atomic E-state index is 11.1. The monoisotopic (exact) mass is 270 g/mol. The lowest BCUT2D eigenvalue weighted by Gasteiger charge is -2.27. The Morgan fingerprint density at radius 3 is 2.67 bits per heavy atom. The number of halogens is 1. The van der Waals surface area contributed by atoms with Crippen molar-refractivity contribution >= 4 is 23.2 Å². The number of carbonyl (C=O) groups excluding carboxylic acids is 1. The summed E-state index contributed by atoms with van der Waals surface area (Å²) in [5, 5.41) is 9.92. The first-order valence-electron chi connectivity index (χ1n) is 5.86. The van der Waals surface area contributed by atoms with Gasteiger partial charge in [0, 0.05) is 22.8 Å². The minimum atomic E-state index is -0.394. The summed E-state index contributed by atoms with van der Waals surface area (Å²) < 4.78 is 0. The van der Waals surface area contributed by atoms with Crippen molar-refractivity contribution < 1.29 is 9.90 Å². The second kappa shape index (κ2) is 6.61. The molecule has 0 spiro atoms. The number of aliphatic hydroxyl groups excluding tert-OH is 1. The van der Waals surface area contributed by atoms with E-state index in [1.54, 1.807) is 18.2 Å². The number of anilines is 1. The van der Waals surface area contributed by atoms with Crippen molar-refractivity contribution in [2.45, 2.75) is 20.5 Å². The first-order chi connectivity index (χ1) is 8.43. The van der Waals surface area contributed by atoms with Gasteiger partial charge in [-0.25, -0.2) is 0 Å². The molecule has 0 aliphatic heterocycles. The number of primary amides is 1. The smallest absolute Gasteiger partial charge is 0.236 e. The molecule has 0 saturated carbocycles. The quantitative estimate of drug-likeness (QED) is 0.828. The van der Waals surface area contributed by atoms with Gasteiger partial charge in [0.05, 0.1) is 13.2 Å². The number of aliphatic hydroxyl groups is 1. The van der Waals surface area contributed by atoms with Crippen LogP contribution in [-0.4, -0.2) is 24.1 Å². The summed E-state index contributed by atoms with van der Waals surface area (Å²) in [6, 6.07) is 5.24. The number of hydrogen-bond acceptors (Lipinski definition) is 3. The molecule has 100 valence electrons. The van der Waals surface area contributed by atoms with Gasteiger partial charge in [-0.2, -0.15) is 0 Å². The van der Waals surface area contributed by atoms with Crippen LogP contribution >= 0.6 is 11.6 Å². The Kier molecular flexibility index (Phi) is 5.44. The fourth-order valence-corrected chi connectivity index (χ4v) is 2.06. The third kappa shape index (κ3) is 4.20. The molecule has 0 aromatic heterocycles. The fourth-order valence-electron chi connectivity index (χ4n) is 1.87. The van der Waals surface area contributed by atoms with Crippen LogP contribution in [0.3, 0.4) is 0 Å². The van der Waals surface area contributed by atoms with E-state index in [0.29, 0.717) is 23.0 Å². The van der Waals surface area contributed by atoms with Crippen LogP contribution in [0.2, 0.25) is 5.02 Å². The highest BCUT2D eigenvalue weighted by Gasteiger charge is 2.14. The zero-order valence-electron chi connectivity index (χ0n) is 10.7. The zero-order valence-corrected chi connectivity index (χ0v) is 11.4. The molecule has 1 amide bonds. The van der Waals surface area contributed by atoms with Crippen LogP contribution in [0.25, 0.3) is 0 Å². The molecule has 1 aromatic carbocycles. The molecule has 0 bridgehead atoms. The van der Waals surface area contributed by atoms with Gasteiger partial charge < -0.3 is 15.7 Å². The molecule has 0 saturated heterocycles. The molecule has 0 radical (unpaired) electrons. The number of benzene rings is 1. The summed E-state index contributed by atoms with van der Waals surface area (Å²) in [5.41, 5.74) is 6.76. The van der Waals surface area contributed by atoms with Crippen molar-refractivity contribution in [2.75, 3.05) is 18.0 Å². The largest absolute Gasteiger partial charge is 0.392 e. The molecule has 0 unspecified atom stereocenters. The van der Waals surface area contributed by atoms with Crippen molar-refractivity contribution in [3.8, 4) is 0 Å². The van der Waals surface area contributed by atoms with E-state index in [2.05, 4.69) is 13.8 Å². The first-order valence-corrected chi connectivity index (χ1v) is 6.24. The van der Waals surface area contributed by atoms with E-state index in [1.807, 2.05) is 4.90 Å². The van der Waals surface area contributed by atoms with Crippen LogP contribution in [-0.2, 0) is 11.4 Å². The van der Waals surface area contributed by atoms with Crippen molar-refractivity contribution in [3.63, 3.8) is 0 Å². The Bertz CT molecular complexity index is 421. The number of hydrogen-bond donors (Lipinski definition) is 2. The number of nitrogens with zero attached hydrogens (tertiary/aromatic N) is 1. The Hall–Kier alpha value is -1.26. The van der Waals surface area contributed by atoms with E-state index in [4.69, 9.17) is 17.3 Å². The topological polar surface area (TPSA) is 66.6 Å². The molecule has 18 heavy (non-hydrogen) atoms. The number of rotatable bonds is 6. The van der Waals surface area contributed by atoms with Gasteiger partial charge >= 0.3 is 0 Å². The van der Waals surface area contributed by atoms with Crippen LogP contribution in [0.5, 0.6) is 0 Å². The Balaban J connectivity index is 3.06. The number of nitrogens with two attached hydrogens (primary N) is 1. The van der Waals surface area contributed by atoms with Gasteiger partial charge in [-0.05, 0) is 24.1 Å². The Labute approximate surface area is 112 Å². The van der Waals surface area contributed by atoms with Crippen LogP contribution < -0.4 is 10.6 Å². The number of carbonyl (C=O) groups is 1. The van der Waals surface area contributed by atoms with Gasteiger partial charge in [-0.3, -0.25) is 4.79 Å². The van der Waals surface area contributed by atoms with E-state index in [-0.39, 0.29) is 13.2 Å². The van der Waals surface area contributed by atoms with Gasteiger partial charge in [-0.15, -0.1) is 0 Å². The predicted octanol–water partition coefficient (Wildman–Crippen LogP) is 1.78. The molecular weight excluding hydrogens is 252 g/mol. The van der Waals surface area contributed by atoms with Crippen molar-refractivity contribution in [3.05, 3.63) is 28.8 Å². The van der Waals surface area contributed by atoms with Crippen molar-refractivity contribution in [2.24, 2.45) is 11.7 Å². The standard InChI is InChI=1S/C13H19ClN2O2/c1-9(2)6-16(7-13(15)18)12-4-3-11(14)5-10(12)8-17/h3-5,9,17H,6-8H2,1-2H3,(H2,15,18). The van der Waals surface area contributed by atoms with E-state index in [0.717, 1.165) is 5.69 Å². The maximum Gasteiger partial charge on any atom is 0.236 e. The molecule has 0 aliphatic rings. The third-order valence-corrected chi connectivity index (χ3v) is 2.72. The third-order valence-electron chi connectivity index (χ3n) is 2.48. The van der Waals surface area contributed by atoms with E-state index < -0.39 is 5.91 Å². The predicted molar refractivity (Wildman–Crippen MR) is 73.6 cm³/mol. The summed E-state index contributed by atoms with van der Waals surface area (Å²) in [6.45, 7) is 4.82. The van der Waals surface area contributed by atoms with E-state index >= 15 is 0 Å². The van der Waals surface area contributed by atoms with Gasteiger partial charge in [0.2, 0.25) is 5.91 Å². The summed E-state index contributed by atoms with van der Waals surface area (Å²) in [4.78, 5) is 13.0. The zero-order chi connectivity index (χ0) is 13.7. The van der Waals surface area contributed by atoms with Gasteiger partial charge in [0.25, 0.3) is 0 Å². The molecule has 1 aromatic rings. The Morgan fingerprint density at radius 1 is 1.50 bits per heavy atom. The minimum Gasteiger partial charge on any atom is -0.392 e. The summed E-state index contributed by atoms with van der Waals surface area (Å²) in [5.74, 6) is -0.0129. The lowest BCUT2D eigenvalue weighted by molar-refractivity contribution is -0.116. The molecule has 0 aliphatic carbocycles. The van der Waals surface area contributed by atoms with Crippen LogP contribution in [0.4, 0.5) is 5.69 Å². The second-order valence-electron chi connectivity index (χ2n) is 4.67. The van der Waals surface area contributed by atoms with Gasteiger partial charge in [-0.1, -0.05) is 25.4 Å². The second-order valence-corrected chi connectivity index (χ2v) is 5.11. The average molecular weight is 271 g/mol. The molecule has 0 heterocycles.